The van der Waals surface area contributed by atoms with Gasteiger partial charge < -0.3 is 39.2 Å². The largest absolute Gasteiger partial charge is 0.462 e. The molecular formula is C38H54ClN3O9. The lowest BCUT2D eigenvalue weighted by Crippen LogP contribution is -2.53. The summed E-state index contributed by atoms with van der Waals surface area (Å²) in [6.45, 7) is 9.68. The Labute approximate surface area is 306 Å². The quantitative estimate of drug-likeness (QED) is 0.228. The van der Waals surface area contributed by atoms with Crippen LogP contribution in [0.25, 0.3) is 0 Å². The van der Waals surface area contributed by atoms with Crippen molar-refractivity contribution < 1.29 is 43.2 Å². The van der Waals surface area contributed by atoms with Crippen LogP contribution in [-0.2, 0) is 44.5 Å². The van der Waals surface area contributed by atoms with E-state index in [0.717, 1.165) is 16.7 Å². The highest BCUT2D eigenvalue weighted by atomic mass is 35.5. The number of methoxy groups -OCH3 is 1. The number of halogens is 1. The summed E-state index contributed by atoms with van der Waals surface area (Å²) < 4.78 is 23.8. The summed E-state index contributed by atoms with van der Waals surface area (Å²) in [7, 11) is 6.46. The van der Waals surface area contributed by atoms with Gasteiger partial charge in [-0.15, -0.1) is 0 Å². The molecular weight excluding hydrogens is 678 g/mol. The molecule has 1 aromatic rings. The molecule has 282 valence electrons. The van der Waals surface area contributed by atoms with Crippen LogP contribution in [0.1, 0.15) is 70.9 Å². The molecule has 13 heteroatoms. The summed E-state index contributed by atoms with van der Waals surface area (Å²) >= 11 is 6.77. The number of nitrogens with zero attached hydrogens (tertiary/aromatic N) is 2. The molecule has 3 heterocycles. The van der Waals surface area contributed by atoms with Gasteiger partial charge in [0.05, 0.1) is 29.7 Å². The number of nitrogens with one attached hydrogen (secondary N) is 1. The Morgan fingerprint density at radius 3 is 2.63 bits per heavy atom. The van der Waals surface area contributed by atoms with Crippen LogP contribution in [0.5, 0.6) is 0 Å². The number of likely N-dealkylation sites (N-methyl/N-ethyl adjacent to an activating group) is 1. The van der Waals surface area contributed by atoms with Crippen LogP contribution in [0.2, 0.25) is 5.02 Å². The first-order valence-electron chi connectivity index (χ1n) is 17.6. The number of ether oxygens (including phenoxy) is 4. The summed E-state index contributed by atoms with van der Waals surface area (Å²) in [6, 6.07) is 2.90. The Kier molecular flexibility index (Phi) is 13.2. The van der Waals surface area contributed by atoms with Crippen molar-refractivity contribution in [3.8, 4) is 0 Å². The molecule has 1 aromatic carbocycles. The molecule has 4 bridgehead atoms. The zero-order valence-electron chi connectivity index (χ0n) is 31.3. The third-order valence-corrected chi connectivity index (χ3v) is 11.1. The zero-order chi connectivity index (χ0) is 37.8. The van der Waals surface area contributed by atoms with Crippen LogP contribution in [0.15, 0.2) is 35.9 Å². The molecule has 2 amide bonds. The topological polar surface area (TPSA) is 147 Å². The number of carbonyl (C=O) groups excluding carboxylic acids is 4. The Morgan fingerprint density at radius 2 is 1.96 bits per heavy atom. The van der Waals surface area contributed by atoms with Gasteiger partial charge in [-0.3, -0.25) is 14.4 Å². The SMILES string of the molecule is CNCCCC(=O)N(C)[C@@H](C)C(=O)O[C@H]1CC(=O)N(C)c2cc(cc(C)c2Cl)C/C(C)=C/C=C/[C@@H](OC)[C@]2(O)CC(=O)O[C@@H](C2)[C@@H](C)[C@@H]2O[C@@]12C. The molecule has 3 aliphatic rings. The summed E-state index contributed by atoms with van der Waals surface area (Å²) in [5.41, 5.74) is 0.520. The number of benzene rings is 1. The molecule has 2 saturated heterocycles. The van der Waals surface area contributed by atoms with Crippen molar-refractivity contribution in [3.63, 3.8) is 0 Å². The third kappa shape index (κ3) is 9.21. The highest BCUT2D eigenvalue weighted by Gasteiger charge is 2.64. The fourth-order valence-corrected chi connectivity index (χ4v) is 7.34. The lowest BCUT2D eigenvalue weighted by Gasteiger charge is -2.41. The number of aryl methyl sites for hydroxylation is 1. The number of amides is 2. The van der Waals surface area contributed by atoms with E-state index < -0.39 is 59.5 Å². The number of hydrogen-bond donors (Lipinski definition) is 2. The highest BCUT2D eigenvalue weighted by Crippen LogP contribution is 2.49. The summed E-state index contributed by atoms with van der Waals surface area (Å²) in [4.78, 5) is 56.3. The van der Waals surface area contributed by atoms with E-state index in [1.807, 2.05) is 45.1 Å². The monoisotopic (exact) mass is 731 g/mol. The molecule has 2 fully saturated rings. The van der Waals surface area contributed by atoms with Crippen molar-refractivity contribution in [1.29, 1.82) is 0 Å². The molecule has 51 heavy (non-hydrogen) atoms. The Hall–Kier alpha value is -3.29. The van der Waals surface area contributed by atoms with Crippen molar-refractivity contribution in [2.45, 2.75) is 115 Å². The van der Waals surface area contributed by atoms with Gasteiger partial charge in [0.15, 0.2) is 0 Å². The van der Waals surface area contributed by atoms with Gasteiger partial charge in [0.25, 0.3) is 0 Å². The standard InChI is InChI=1S/C38H54ClN3O9/c1-22-12-10-13-29(48-9)38(47)20-28(49-33(45)21-38)24(3)35-37(5,51-35)30(50-36(46)25(4)41(7)31(43)14-11-15-40-6)19-32(44)42(8)27-18-26(16-22)17-23(2)34(27)39/h10,12-13,17-18,24-25,28-30,35,40,47H,11,14-16,19-21H2,1-9H3/b13-10+,22-12+/t24-,25+,28+,29-,30+,35+,37+,38-/m1/s1. The van der Waals surface area contributed by atoms with Crippen LogP contribution in [0.4, 0.5) is 5.69 Å². The smallest absolute Gasteiger partial charge is 0.328 e. The van der Waals surface area contributed by atoms with Crippen LogP contribution in [0, 0.1) is 12.8 Å². The average molecular weight is 732 g/mol. The Bertz CT molecular complexity index is 1550. The maximum Gasteiger partial charge on any atom is 0.328 e. The number of carbonyl (C=O) groups is 4. The number of allylic oxidation sites excluding steroid dienone is 3. The maximum absolute atomic E-state index is 14.1. The second-order valence-electron chi connectivity index (χ2n) is 14.5. The van der Waals surface area contributed by atoms with Crippen molar-refractivity contribution in [2.24, 2.45) is 5.92 Å². The van der Waals surface area contributed by atoms with Crippen LogP contribution in [-0.4, -0.2) is 110 Å². The molecule has 8 atom stereocenters. The van der Waals surface area contributed by atoms with Gasteiger partial charge in [-0.25, -0.2) is 4.79 Å². The van der Waals surface area contributed by atoms with E-state index in [2.05, 4.69) is 5.32 Å². The van der Waals surface area contributed by atoms with Crippen molar-refractivity contribution in [3.05, 3.63) is 52.1 Å². The van der Waals surface area contributed by atoms with E-state index in [9.17, 15) is 24.3 Å². The van der Waals surface area contributed by atoms with Gasteiger partial charge in [0.2, 0.25) is 11.8 Å². The molecule has 0 radical (unpaired) electrons. The van der Waals surface area contributed by atoms with Gasteiger partial charge in [0, 0.05) is 40.0 Å². The first-order valence-corrected chi connectivity index (χ1v) is 18.0. The van der Waals surface area contributed by atoms with Gasteiger partial charge >= 0.3 is 11.9 Å². The normalized spacial score (nSPS) is 32.2. The summed E-state index contributed by atoms with van der Waals surface area (Å²) in [5.74, 6) is -2.30. The predicted molar refractivity (Wildman–Crippen MR) is 193 cm³/mol. The van der Waals surface area contributed by atoms with Crippen molar-refractivity contribution in [1.82, 2.24) is 10.2 Å². The zero-order valence-corrected chi connectivity index (χ0v) is 32.0. The summed E-state index contributed by atoms with van der Waals surface area (Å²) in [6.07, 6.45) is 3.20. The highest BCUT2D eigenvalue weighted by molar-refractivity contribution is 6.34. The number of aliphatic hydroxyl groups is 1. The van der Waals surface area contributed by atoms with Crippen molar-refractivity contribution >= 4 is 41.0 Å². The molecule has 0 aliphatic carbocycles. The molecule has 0 aromatic heterocycles. The minimum atomic E-state index is -1.55. The van der Waals surface area contributed by atoms with Crippen LogP contribution in [0.3, 0.4) is 0 Å². The lowest BCUT2D eigenvalue weighted by atomic mass is 9.78. The van der Waals surface area contributed by atoms with E-state index >= 15 is 0 Å². The van der Waals surface area contributed by atoms with Gasteiger partial charge in [-0.2, -0.15) is 0 Å². The number of fused-ring (bicyclic) bond motifs is 5. The molecule has 4 rings (SSSR count). The van der Waals surface area contributed by atoms with Crippen molar-refractivity contribution in [2.75, 3.05) is 39.7 Å². The molecule has 12 nitrogen and oxygen atoms in total. The number of esters is 2. The number of epoxide rings is 1. The molecule has 2 N–H and O–H groups in total. The molecule has 0 unspecified atom stereocenters. The first-order chi connectivity index (χ1) is 23.9. The third-order valence-electron chi connectivity index (χ3n) is 10.6. The number of hydrogen-bond acceptors (Lipinski definition) is 10. The fourth-order valence-electron chi connectivity index (χ4n) is 7.10. The van der Waals surface area contributed by atoms with E-state index in [-0.39, 0.29) is 37.5 Å². The van der Waals surface area contributed by atoms with E-state index in [4.69, 9.17) is 30.5 Å². The predicted octanol–water partition coefficient (Wildman–Crippen LogP) is 4.06. The molecule has 0 saturated carbocycles. The van der Waals surface area contributed by atoms with Gasteiger partial charge in [-0.05, 0) is 71.3 Å². The summed E-state index contributed by atoms with van der Waals surface area (Å²) in [5, 5.41) is 15.2. The van der Waals surface area contributed by atoms with Gasteiger partial charge in [0.1, 0.15) is 35.6 Å². The van der Waals surface area contributed by atoms with Crippen LogP contribution >= 0.6 is 11.6 Å². The van der Waals surface area contributed by atoms with E-state index in [1.54, 1.807) is 41.1 Å². The van der Waals surface area contributed by atoms with Crippen LogP contribution < -0.4 is 10.2 Å². The van der Waals surface area contributed by atoms with Gasteiger partial charge in [-0.1, -0.05) is 48.4 Å². The Morgan fingerprint density at radius 1 is 1.25 bits per heavy atom. The number of anilines is 1. The average Bonchev–Trinajstić information content (AvgIpc) is 3.77. The minimum Gasteiger partial charge on any atom is -0.462 e. The maximum atomic E-state index is 14.1. The van der Waals surface area contributed by atoms with E-state index in [1.165, 1.54) is 16.9 Å². The first kappa shape index (κ1) is 40.5. The van der Waals surface area contributed by atoms with E-state index in [0.29, 0.717) is 30.1 Å². The second kappa shape index (κ2) is 16.6. The molecule has 0 spiro atoms. The fraction of sp³-hybridized carbons (Fsp3) is 0.632. The lowest BCUT2D eigenvalue weighted by molar-refractivity contribution is -0.187. The second-order valence-corrected chi connectivity index (χ2v) is 14.9. The minimum absolute atomic E-state index is 0.0780. The number of rotatable bonds is 8. The molecule has 3 aliphatic heterocycles. The Balaban J connectivity index is 1.73.